The highest BCUT2D eigenvalue weighted by atomic mass is 15.3. The van der Waals surface area contributed by atoms with Crippen molar-refractivity contribution in [2.75, 3.05) is 5.32 Å². The normalized spacial score (nSPS) is 12.3. The van der Waals surface area contributed by atoms with Gasteiger partial charge in [-0.1, -0.05) is 36.8 Å². The molecule has 0 amide bonds. The van der Waals surface area contributed by atoms with Gasteiger partial charge in [0, 0.05) is 25.9 Å². The van der Waals surface area contributed by atoms with Crippen molar-refractivity contribution in [2.45, 2.75) is 26.3 Å². The van der Waals surface area contributed by atoms with E-state index in [-0.39, 0.29) is 6.04 Å². The fourth-order valence-corrected chi connectivity index (χ4v) is 3.15. The molecule has 3 heterocycles. The molecule has 136 valence electrons. The standard InChI is InChI=1S/C21H22N6/c1-4-18-24-20(17-13-23-27(3)21(17)25-18)26-19(16-9-11-22-12-10-16)15-7-5-14(2)6-8-15/h5-13,19H,4H2,1-3H3,(H,24,25,26)/t19-/m0/s1. The summed E-state index contributed by atoms with van der Waals surface area (Å²) < 4.78 is 1.79. The number of nitrogens with one attached hydrogen (secondary N) is 1. The molecule has 6 nitrogen and oxygen atoms in total. The van der Waals surface area contributed by atoms with Crippen LogP contribution in [0.1, 0.15) is 35.5 Å². The molecule has 0 unspecified atom stereocenters. The zero-order chi connectivity index (χ0) is 18.8. The summed E-state index contributed by atoms with van der Waals surface area (Å²) in [4.78, 5) is 13.5. The number of aryl methyl sites for hydroxylation is 3. The van der Waals surface area contributed by atoms with Crippen LogP contribution in [0.15, 0.2) is 55.0 Å². The second-order valence-electron chi connectivity index (χ2n) is 6.62. The van der Waals surface area contributed by atoms with E-state index in [1.54, 1.807) is 4.68 Å². The molecule has 0 aliphatic heterocycles. The van der Waals surface area contributed by atoms with Gasteiger partial charge in [-0.25, -0.2) is 9.97 Å². The van der Waals surface area contributed by atoms with Gasteiger partial charge in [-0.3, -0.25) is 9.67 Å². The molecule has 0 bridgehead atoms. The van der Waals surface area contributed by atoms with Gasteiger partial charge in [-0.15, -0.1) is 0 Å². The lowest BCUT2D eigenvalue weighted by atomic mass is 9.98. The summed E-state index contributed by atoms with van der Waals surface area (Å²) in [6, 6.07) is 12.6. The van der Waals surface area contributed by atoms with E-state index in [9.17, 15) is 0 Å². The van der Waals surface area contributed by atoms with Crippen molar-refractivity contribution in [3.8, 4) is 0 Å². The van der Waals surface area contributed by atoms with E-state index < -0.39 is 0 Å². The summed E-state index contributed by atoms with van der Waals surface area (Å²) in [5.41, 5.74) is 4.36. The van der Waals surface area contributed by atoms with Gasteiger partial charge in [0.05, 0.1) is 17.6 Å². The maximum Gasteiger partial charge on any atom is 0.163 e. The molecule has 4 rings (SSSR count). The molecule has 3 aromatic heterocycles. The van der Waals surface area contributed by atoms with E-state index in [2.05, 4.69) is 58.5 Å². The molecule has 0 aliphatic rings. The third-order valence-corrected chi connectivity index (χ3v) is 4.69. The minimum Gasteiger partial charge on any atom is -0.358 e. The summed E-state index contributed by atoms with van der Waals surface area (Å²) in [6.07, 6.45) is 6.21. The molecule has 0 fully saturated rings. The number of pyridine rings is 1. The largest absolute Gasteiger partial charge is 0.358 e. The topological polar surface area (TPSA) is 68.5 Å². The number of aromatic nitrogens is 5. The van der Waals surface area contributed by atoms with Gasteiger partial charge in [-0.2, -0.15) is 5.10 Å². The zero-order valence-electron chi connectivity index (χ0n) is 15.7. The first-order valence-electron chi connectivity index (χ1n) is 9.07. The summed E-state index contributed by atoms with van der Waals surface area (Å²) in [6.45, 7) is 4.15. The highest BCUT2D eigenvalue weighted by Crippen LogP contribution is 2.29. The molecule has 4 aromatic rings. The fourth-order valence-electron chi connectivity index (χ4n) is 3.15. The van der Waals surface area contributed by atoms with Crippen molar-refractivity contribution in [1.29, 1.82) is 0 Å². The van der Waals surface area contributed by atoms with Crippen LogP contribution in [0.25, 0.3) is 11.0 Å². The number of hydrogen-bond acceptors (Lipinski definition) is 5. The second-order valence-corrected chi connectivity index (χ2v) is 6.62. The molecule has 0 radical (unpaired) electrons. The Morgan fingerprint density at radius 1 is 1.00 bits per heavy atom. The van der Waals surface area contributed by atoms with Crippen LogP contribution in [0.5, 0.6) is 0 Å². The quantitative estimate of drug-likeness (QED) is 0.587. The highest BCUT2D eigenvalue weighted by Gasteiger charge is 2.18. The lowest BCUT2D eigenvalue weighted by Crippen LogP contribution is -2.15. The van der Waals surface area contributed by atoms with E-state index in [1.807, 2.05) is 37.8 Å². The average Bonchev–Trinajstić information content (AvgIpc) is 3.08. The van der Waals surface area contributed by atoms with Crippen molar-refractivity contribution in [2.24, 2.45) is 7.05 Å². The summed E-state index contributed by atoms with van der Waals surface area (Å²) in [5.74, 6) is 1.60. The Balaban J connectivity index is 1.83. The molecule has 0 saturated carbocycles. The molecule has 0 saturated heterocycles. The monoisotopic (exact) mass is 358 g/mol. The number of fused-ring (bicyclic) bond motifs is 1. The van der Waals surface area contributed by atoms with Crippen LogP contribution in [0.4, 0.5) is 5.82 Å². The van der Waals surface area contributed by atoms with Gasteiger partial charge in [0.2, 0.25) is 0 Å². The number of rotatable bonds is 5. The van der Waals surface area contributed by atoms with Crippen molar-refractivity contribution in [3.05, 3.63) is 77.5 Å². The Labute approximate surface area is 158 Å². The van der Waals surface area contributed by atoms with Crippen molar-refractivity contribution >= 4 is 16.9 Å². The molecule has 27 heavy (non-hydrogen) atoms. The van der Waals surface area contributed by atoms with E-state index >= 15 is 0 Å². The van der Waals surface area contributed by atoms with Gasteiger partial charge in [-0.05, 0) is 30.2 Å². The molecule has 0 spiro atoms. The summed E-state index contributed by atoms with van der Waals surface area (Å²) in [5, 5.41) is 8.91. The van der Waals surface area contributed by atoms with Crippen molar-refractivity contribution in [3.63, 3.8) is 0 Å². The maximum atomic E-state index is 4.75. The van der Waals surface area contributed by atoms with Gasteiger partial charge >= 0.3 is 0 Å². The van der Waals surface area contributed by atoms with Gasteiger partial charge in [0.25, 0.3) is 0 Å². The Morgan fingerprint density at radius 3 is 2.41 bits per heavy atom. The third-order valence-electron chi connectivity index (χ3n) is 4.69. The Morgan fingerprint density at radius 2 is 1.70 bits per heavy atom. The lowest BCUT2D eigenvalue weighted by Gasteiger charge is -2.21. The van der Waals surface area contributed by atoms with Crippen LogP contribution in [-0.2, 0) is 13.5 Å². The third kappa shape index (κ3) is 3.38. The van der Waals surface area contributed by atoms with Crippen LogP contribution in [-0.4, -0.2) is 24.7 Å². The molecule has 0 aliphatic carbocycles. The Hall–Kier alpha value is -3.28. The minimum absolute atomic E-state index is 0.0448. The Bertz CT molecular complexity index is 1050. The lowest BCUT2D eigenvalue weighted by molar-refractivity contribution is 0.779. The van der Waals surface area contributed by atoms with E-state index in [0.717, 1.165) is 34.7 Å². The van der Waals surface area contributed by atoms with Gasteiger partial charge in [0.15, 0.2) is 5.65 Å². The first-order chi connectivity index (χ1) is 13.2. The number of nitrogens with zero attached hydrogens (tertiary/aromatic N) is 5. The Kier molecular flexibility index (Phi) is 4.54. The molecule has 1 aromatic carbocycles. The first kappa shape index (κ1) is 17.1. The number of hydrogen-bond donors (Lipinski definition) is 1. The van der Waals surface area contributed by atoms with Gasteiger partial charge in [0.1, 0.15) is 11.6 Å². The summed E-state index contributed by atoms with van der Waals surface area (Å²) >= 11 is 0. The van der Waals surface area contributed by atoms with Gasteiger partial charge < -0.3 is 5.32 Å². The number of benzene rings is 1. The maximum absolute atomic E-state index is 4.75. The highest BCUT2D eigenvalue weighted by molar-refractivity contribution is 5.86. The van der Waals surface area contributed by atoms with Crippen LogP contribution >= 0.6 is 0 Å². The second kappa shape index (κ2) is 7.15. The van der Waals surface area contributed by atoms with E-state index in [1.165, 1.54) is 11.1 Å². The van der Waals surface area contributed by atoms with Crippen LogP contribution in [0.3, 0.4) is 0 Å². The molecular formula is C21H22N6. The van der Waals surface area contributed by atoms with Crippen LogP contribution < -0.4 is 5.32 Å². The fraction of sp³-hybridized carbons (Fsp3) is 0.238. The van der Waals surface area contributed by atoms with Crippen LogP contribution in [0.2, 0.25) is 0 Å². The predicted molar refractivity (Wildman–Crippen MR) is 107 cm³/mol. The van der Waals surface area contributed by atoms with E-state index in [4.69, 9.17) is 4.98 Å². The van der Waals surface area contributed by atoms with Crippen molar-refractivity contribution in [1.82, 2.24) is 24.7 Å². The van der Waals surface area contributed by atoms with Crippen molar-refractivity contribution < 1.29 is 0 Å². The summed E-state index contributed by atoms with van der Waals surface area (Å²) in [7, 11) is 1.90. The smallest absolute Gasteiger partial charge is 0.163 e. The first-order valence-corrected chi connectivity index (χ1v) is 9.07. The molecule has 1 N–H and O–H groups in total. The number of anilines is 1. The predicted octanol–water partition coefficient (Wildman–Crippen LogP) is 3.83. The average molecular weight is 358 g/mol. The molecule has 6 heteroatoms. The zero-order valence-corrected chi connectivity index (χ0v) is 15.7. The molecule has 1 atom stereocenters. The SMILES string of the molecule is CCc1nc(N[C@H](c2ccncc2)c2ccc(C)cc2)c2cnn(C)c2n1. The van der Waals surface area contributed by atoms with Crippen LogP contribution in [0, 0.1) is 6.92 Å². The molecular weight excluding hydrogens is 336 g/mol. The van der Waals surface area contributed by atoms with E-state index in [0.29, 0.717) is 0 Å². The minimum atomic E-state index is -0.0448.